The molecule has 110 valence electrons. The number of halogens is 3. The van der Waals surface area contributed by atoms with Crippen LogP contribution in [-0.2, 0) is 10.5 Å². The van der Waals surface area contributed by atoms with E-state index in [9.17, 15) is 9.18 Å². The quantitative estimate of drug-likeness (QED) is 0.771. The second-order valence-electron chi connectivity index (χ2n) is 4.26. The largest absolute Gasteiger partial charge is 0.323 e. The SMILES string of the molecule is O=C(CSCc1ccccc1Cl)Nc1ccc(Br)cc1F. The molecule has 2 aromatic carbocycles. The standard InChI is InChI=1S/C15H12BrClFNOS/c16-11-5-6-14(13(18)7-11)19-15(20)9-21-8-10-3-1-2-4-12(10)17/h1-7H,8-9H2,(H,19,20). The van der Waals surface area contributed by atoms with Crippen molar-refractivity contribution in [1.29, 1.82) is 0 Å². The van der Waals surface area contributed by atoms with Gasteiger partial charge >= 0.3 is 0 Å². The van der Waals surface area contributed by atoms with E-state index in [1.807, 2.05) is 24.3 Å². The Hall–Kier alpha value is -1.04. The Balaban J connectivity index is 1.84. The van der Waals surface area contributed by atoms with Crippen molar-refractivity contribution in [2.45, 2.75) is 5.75 Å². The zero-order valence-electron chi connectivity index (χ0n) is 10.9. The van der Waals surface area contributed by atoms with Crippen LogP contribution in [-0.4, -0.2) is 11.7 Å². The maximum absolute atomic E-state index is 13.6. The van der Waals surface area contributed by atoms with Crippen LogP contribution >= 0.6 is 39.3 Å². The molecule has 0 aliphatic heterocycles. The third kappa shape index (κ3) is 5.02. The fraction of sp³-hybridized carbons (Fsp3) is 0.133. The molecule has 0 spiro atoms. The fourth-order valence-corrected chi connectivity index (χ4v) is 3.09. The van der Waals surface area contributed by atoms with E-state index in [1.165, 1.54) is 23.9 Å². The van der Waals surface area contributed by atoms with Crippen LogP contribution in [0.3, 0.4) is 0 Å². The molecule has 0 atom stereocenters. The molecule has 0 bridgehead atoms. The molecule has 0 saturated heterocycles. The predicted molar refractivity (Wildman–Crippen MR) is 90.3 cm³/mol. The van der Waals surface area contributed by atoms with Crippen molar-refractivity contribution in [3.05, 3.63) is 63.3 Å². The number of carbonyl (C=O) groups is 1. The first-order chi connectivity index (χ1) is 10.1. The van der Waals surface area contributed by atoms with Gasteiger partial charge < -0.3 is 5.32 Å². The molecule has 0 heterocycles. The minimum absolute atomic E-state index is 0.182. The predicted octanol–water partition coefficient (Wildman–Crippen LogP) is 5.11. The van der Waals surface area contributed by atoms with Crippen LogP contribution < -0.4 is 5.32 Å². The van der Waals surface area contributed by atoms with Gasteiger partial charge in [-0.3, -0.25) is 4.79 Å². The minimum atomic E-state index is -0.464. The third-order valence-electron chi connectivity index (χ3n) is 2.65. The number of hydrogen-bond acceptors (Lipinski definition) is 2. The number of hydrogen-bond donors (Lipinski definition) is 1. The van der Waals surface area contributed by atoms with E-state index in [-0.39, 0.29) is 17.3 Å². The summed E-state index contributed by atoms with van der Waals surface area (Å²) in [4.78, 5) is 11.8. The third-order valence-corrected chi connectivity index (χ3v) is 4.50. The van der Waals surface area contributed by atoms with Gasteiger partial charge in [0.2, 0.25) is 5.91 Å². The fourth-order valence-electron chi connectivity index (χ4n) is 1.65. The first-order valence-electron chi connectivity index (χ1n) is 6.12. The molecule has 21 heavy (non-hydrogen) atoms. The van der Waals surface area contributed by atoms with Crippen LogP contribution in [0, 0.1) is 5.82 Å². The second kappa shape index (κ2) is 7.82. The summed E-state index contributed by atoms with van der Waals surface area (Å²) in [6, 6.07) is 12.0. The molecule has 0 aromatic heterocycles. The summed E-state index contributed by atoms with van der Waals surface area (Å²) >= 11 is 10.6. The van der Waals surface area contributed by atoms with Crippen LogP contribution in [0.4, 0.5) is 10.1 Å². The van der Waals surface area contributed by atoms with E-state index >= 15 is 0 Å². The molecule has 6 heteroatoms. The lowest BCUT2D eigenvalue weighted by atomic mass is 10.2. The summed E-state index contributed by atoms with van der Waals surface area (Å²) in [5, 5.41) is 3.23. The Morgan fingerprint density at radius 1 is 1.29 bits per heavy atom. The lowest BCUT2D eigenvalue weighted by Gasteiger charge is -2.07. The Kier molecular flexibility index (Phi) is 6.08. The molecular formula is C15H12BrClFNOS. The van der Waals surface area contributed by atoms with E-state index in [2.05, 4.69) is 21.2 Å². The van der Waals surface area contributed by atoms with Crippen molar-refractivity contribution in [3.63, 3.8) is 0 Å². The van der Waals surface area contributed by atoms with E-state index in [0.29, 0.717) is 15.2 Å². The van der Waals surface area contributed by atoms with Gasteiger partial charge in [0.25, 0.3) is 0 Å². The average Bonchev–Trinajstić information content (AvgIpc) is 2.44. The van der Waals surface area contributed by atoms with Crippen molar-refractivity contribution in [3.8, 4) is 0 Å². The summed E-state index contributed by atoms with van der Waals surface area (Å²) in [5.41, 5.74) is 1.16. The van der Waals surface area contributed by atoms with E-state index in [1.54, 1.807) is 6.07 Å². The van der Waals surface area contributed by atoms with Gasteiger partial charge in [0.15, 0.2) is 0 Å². The highest BCUT2D eigenvalue weighted by Gasteiger charge is 2.08. The molecule has 0 saturated carbocycles. The maximum Gasteiger partial charge on any atom is 0.234 e. The monoisotopic (exact) mass is 387 g/mol. The van der Waals surface area contributed by atoms with Crippen molar-refractivity contribution in [2.24, 2.45) is 0 Å². The van der Waals surface area contributed by atoms with Gasteiger partial charge in [0.1, 0.15) is 5.82 Å². The molecular weight excluding hydrogens is 377 g/mol. The lowest BCUT2D eigenvalue weighted by molar-refractivity contribution is -0.113. The van der Waals surface area contributed by atoms with Gasteiger partial charge in [-0.15, -0.1) is 11.8 Å². The number of rotatable bonds is 5. The smallest absolute Gasteiger partial charge is 0.234 e. The molecule has 0 aliphatic rings. The highest BCUT2D eigenvalue weighted by molar-refractivity contribution is 9.10. The number of anilines is 1. The number of amides is 1. The molecule has 0 fully saturated rings. The van der Waals surface area contributed by atoms with Crippen LogP contribution in [0.1, 0.15) is 5.56 Å². The van der Waals surface area contributed by atoms with Crippen LogP contribution in [0.15, 0.2) is 46.9 Å². The highest BCUT2D eigenvalue weighted by Crippen LogP contribution is 2.22. The summed E-state index contributed by atoms with van der Waals surface area (Å²) in [6.07, 6.45) is 0. The van der Waals surface area contributed by atoms with Crippen LogP contribution in [0.2, 0.25) is 5.02 Å². The van der Waals surface area contributed by atoms with E-state index in [0.717, 1.165) is 5.56 Å². The summed E-state index contributed by atoms with van der Waals surface area (Å²) < 4.78 is 14.2. The second-order valence-corrected chi connectivity index (χ2v) is 6.57. The Bertz CT molecular complexity index is 653. The van der Waals surface area contributed by atoms with E-state index < -0.39 is 5.82 Å². The minimum Gasteiger partial charge on any atom is -0.323 e. The molecule has 2 aromatic rings. The van der Waals surface area contributed by atoms with Gasteiger partial charge in [-0.2, -0.15) is 0 Å². The molecule has 2 rings (SSSR count). The van der Waals surface area contributed by atoms with Gasteiger partial charge in [0.05, 0.1) is 11.4 Å². The number of thioether (sulfide) groups is 1. The lowest BCUT2D eigenvalue weighted by Crippen LogP contribution is -2.15. The van der Waals surface area contributed by atoms with Crippen molar-refractivity contribution >= 4 is 50.9 Å². The topological polar surface area (TPSA) is 29.1 Å². The molecule has 0 aliphatic carbocycles. The maximum atomic E-state index is 13.6. The number of carbonyl (C=O) groups excluding carboxylic acids is 1. The zero-order chi connectivity index (χ0) is 15.2. The van der Waals surface area contributed by atoms with Crippen molar-refractivity contribution in [1.82, 2.24) is 0 Å². The Morgan fingerprint density at radius 3 is 2.76 bits per heavy atom. The first kappa shape index (κ1) is 16.3. The van der Waals surface area contributed by atoms with Crippen molar-refractivity contribution in [2.75, 3.05) is 11.1 Å². The van der Waals surface area contributed by atoms with Crippen molar-refractivity contribution < 1.29 is 9.18 Å². The van der Waals surface area contributed by atoms with Gasteiger partial charge in [-0.1, -0.05) is 45.7 Å². The molecule has 1 N–H and O–H groups in total. The summed E-state index contributed by atoms with van der Waals surface area (Å²) in [5.74, 6) is 0.165. The highest BCUT2D eigenvalue weighted by atomic mass is 79.9. The zero-order valence-corrected chi connectivity index (χ0v) is 14.1. The normalized spacial score (nSPS) is 10.4. The van der Waals surface area contributed by atoms with Gasteiger partial charge in [-0.25, -0.2) is 4.39 Å². The van der Waals surface area contributed by atoms with Crippen LogP contribution in [0.5, 0.6) is 0 Å². The molecule has 2 nitrogen and oxygen atoms in total. The summed E-state index contributed by atoms with van der Waals surface area (Å²) in [6.45, 7) is 0. The average molecular weight is 389 g/mol. The van der Waals surface area contributed by atoms with Crippen LogP contribution in [0.25, 0.3) is 0 Å². The number of benzene rings is 2. The van der Waals surface area contributed by atoms with Gasteiger partial charge in [0, 0.05) is 15.2 Å². The molecule has 0 radical (unpaired) electrons. The number of nitrogens with one attached hydrogen (secondary N) is 1. The van der Waals surface area contributed by atoms with E-state index in [4.69, 9.17) is 11.6 Å². The molecule has 1 amide bonds. The Morgan fingerprint density at radius 2 is 2.05 bits per heavy atom. The summed E-state index contributed by atoms with van der Waals surface area (Å²) in [7, 11) is 0. The Labute approximate surface area is 140 Å². The first-order valence-corrected chi connectivity index (χ1v) is 8.45. The molecule has 0 unspecified atom stereocenters. The van der Waals surface area contributed by atoms with Gasteiger partial charge in [-0.05, 0) is 29.8 Å².